The second-order valence-corrected chi connectivity index (χ2v) is 42.8. The van der Waals surface area contributed by atoms with E-state index in [1.807, 2.05) is 102 Å². The highest BCUT2D eigenvalue weighted by Crippen LogP contribution is 2.55. The van der Waals surface area contributed by atoms with Crippen molar-refractivity contribution in [1.29, 1.82) is 0 Å². The Labute approximate surface area is 872 Å². The second-order valence-electron chi connectivity index (χ2n) is 42.8. The van der Waals surface area contributed by atoms with Crippen LogP contribution in [0.2, 0.25) is 0 Å². The lowest BCUT2D eigenvalue weighted by Crippen LogP contribution is -2.28. The van der Waals surface area contributed by atoms with Crippen molar-refractivity contribution >= 4 is 59.7 Å². The molecule has 5 aromatic carbocycles. The van der Waals surface area contributed by atoms with Crippen LogP contribution in [-0.2, 0) is 136 Å². The minimum atomic E-state index is -0.984. The van der Waals surface area contributed by atoms with Crippen LogP contribution in [0.5, 0.6) is 28.7 Å². The molecule has 25 atom stereocenters. The van der Waals surface area contributed by atoms with Crippen molar-refractivity contribution in [3.8, 4) is 28.7 Å². The Morgan fingerprint density at radius 3 is 0.635 bits per heavy atom. The monoisotopic (exact) mass is 2060 g/mol. The van der Waals surface area contributed by atoms with Gasteiger partial charge in [0.05, 0.1) is 30.5 Å². The lowest BCUT2D eigenvalue weighted by atomic mass is 9.73. The molecule has 0 aromatic heterocycles. The van der Waals surface area contributed by atoms with Crippen LogP contribution in [0.3, 0.4) is 0 Å². The maximum Gasteiger partial charge on any atom is 0.341 e. The zero-order valence-electron chi connectivity index (χ0n) is 88.6. The topological polar surface area (TPSA) is 465 Å². The summed E-state index contributed by atoms with van der Waals surface area (Å²) in [5.74, 6) is 2.43. The van der Waals surface area contributed by atoms with Crippen molar-refractivity contribution in [3.05, 3.63) is 147 Å². The molecule has 0 radical (unpaired) electrons. The van der Waals surface area contributed by atoms with Crippen molar-refractivity contribution in [3.63, 3.8) is 0 Å². The van der Waals surface area contributed by atoms with Crippen LogP contribution < -0.4 is 23.7 Å². The number of rotatable bonds is 48. The average molecular weight is 2060 g/mol. The lowest BCUT2D eigenvalue weighted by Gasteiger charge is -2.32. The normalized spacial score (nSPS) is 26.0. The summed E-state index contributed by atoms with van der Waals surface area (Å²) in [6.45, 7) is 17.9. The summed E-state index contributed by atoms with van der Waals surface area (Å²) in [6.07, 6.45) is 26.9. The van der Waals surface area contributed by atoms with Gasteiger partial charge in [-0.2, -0.15) is 0 Å². The summed E-state index contributed by atoms with van der Waals surface area (Å²) in [6, 6.07) is 29.2. The SMILES string of the molecule is CCC(=O)O[C@@H](CC)CC[C@@H]1[C@H]2Cc3cccc(OCC(=O)O)c3C[C@H]2C[C@H]1O.CCC(=O)O[C@@H](CC)CC[C@@H]1[C@H]2Cc3cccc(OCC(=O)O)c3C[C@H]2C[C@H]1O.CCC(=O)O[C@@H](CC)CC[C@@H]1[C@H]2Cc3cccc(OCC(=O)O)c3C[C@H]2C[C@H]1O.CCCC(=O)O[C@@H](CC)CC[C@@H]1[C@H]2Cc3cccc(OCC(=O)O)c3C[C@H]2C[C@H]1O.CCCCC(=O)O[C@@H](CC)CC[C@@H]1[C@H]2Cc3cccc(OCC(=O)O)c3C[C@H]2C[C@H]1O. The average Bonchev–Trinajstić information content (AvgIpc) is 1.63. The summed E-state index contributed by atoms with van der Waals surface area (Å²) in [7, 11) is 0. The van der Waals surface area contributed by atoms with E-state index in [1.54, 1.807) is 20.8 Å². The summed E-state index contributed by atoms with van der Waals surface area (Å²) in [5, 5.41) is 98.4. The van der Waals surface area contributed by atoms with E-state index in [0.717, 1.165) is 240 Å². The van der Waals surface area contributed by atoms with Crippen LogP contribution in [0, 0.1) is 88.8 Å². The van der Waals surface area contributed by atoms with Gasteiger partial charge in [-0.25, -0.2) is 24.0 Å². The fraction of sp³-hybridized carbons (Fsp3) is 0.661. The number of aliphatic hydroxyl groups excluding tert-OH is 5. The minimum absolute atomic E-state index is 0.0810. The molecule has 0 saturated heterocycles. The Kier molecular flexibility index (Phi) is 46.4. The predicted molar refractivity (Wildman–Crippen MR) is 553 cm³/mol. The molecule has 0 spiro atoms. The zero-order valence-corrected chi connectivity index (χ0v) is 88.6. The molecule has 0 amide bonds. The van der Waals surface area contributed by atoms with Gasteiger partial charge in [0.2, 0.25) is 0 Å². The van der Waals surface area contributed by atoms with Crippen LogP contribution in [0.4, 0.5) is 0 Å². The number of fused-ring (bicyclic) bond motifs is 10. The van der Waals surface area contributed by atoms with Gasteiger partial charge >= 0.3 is 59.7 Å². The van der Waals surface area contributed by atoms with E-state index in [1.165, 1.54) is 27.8 Å². The summed E-state index contributed by atoms with van der Waals surface area (Å²) in [5.41, 5.74) is 11.4. The molecule has 0 unspecified atom stereocenters. The second kappa shape index (κ2) is 58.3. The molecule has 30 nitrogen and oxygen atoms in total. The maximum atomic E-state index is 12.0. The number of hydrogen-bond acceptors (Lipinski definition) is 25. The van der Waals surface area contributed by atoms with Gasteiger partial charge in [0.15, 0.2) is 33.0 Å². The largest absolute Gasteiger partial charge is 0.482 e. The van der Waals surface area contributed by atoms with Gasteiger partial charge in [-0.05, 0) is 380 Å². The number of carboxylic acids is 5. The standard InChI is InChI=1S/C25H36O6.C24H34O6.3C23H32O6/c1-3-5-9-25(29)31-18(4-2)10-11-19-20-12-16-7-6-8-23(30-15-24(27)28)21(16)13-17(20)14-22(19)26;1-3-6-24(28)30-17(4-2)9-10-18-19-11-15-7-5-8-22(29-14-23(26)27)20(15)12-16(19)13-21(18)25;3*1-3-16(29-23(27)4-2)8-9-17-18-10-14-6-5-7-21(28-13-22(25)26)19(14)11-15(18)12-20(17)24/h6-8,17-20,22,26H,3-5,9-15H2,1-2H3,(H,27,28);5,7-8,16-19,21,25H,3-4,6,9-14H2,1-2H3,(H,26,27);3*5-7,15-18,20,24H,3-4,8-13H2,1-2H3,(H,25,26)/t17-,18-,19+,20-,22+;16-,17-,18+,19-,21+;3*15-,16-,17+,18-,20+/m00000/s1. The van der Waals surface area contributed by atoms with Crippen molar-refractivity contribution < 1.29 is 146 Å². The van der Waals surface area contributed by atoms with Crippen molar-refractivity contribution in [1.82, 2.24) is 0 Å². The molecule has 10 aliphatic rings. The molecule has 0 heterocycles. The number of aliphatic hydroxyl groups is 5. The highest BCUT2D eigenvalue weighted by atomic mass is 16.6. The van der Waals surface area contributed by atoms with Crippen LogP contribution >= 0.6 is 0 Å². The first-order valence-electron chi connectivity index (χ1n) is 55.3. The van der Waals surface area contributed by atoms with Gasteiger partial charge in [0.1, 0.15) is 59.3 Å². The number of benzene rings is 5. The van der Waals surface area contributed by atoms with Crippen molar-refractivity contribution in [2.24, 2.45) is 88.8 Å². The molecule has 5 saturated carbocycles. The van der Waals surface area contributed by atoms with E-state index in [4.69, 9.17) is 72.9 Å². The van der Waals surface area contributed by atoms with Gasteiger partial charge in [-0.3, -0.25) is 24.0 Å². The number of unbranched alkanes of at least 4 members (excludes halogenated alkanes) is 1. The molecule has 0 bridgehead atoms. The molecule has 5 aromatic rings. The lowest BCUT2D eigenvalue weighted by molar-refractivity contribution is -0.150. The molecule has 5 fully saturated rings. The molecule has 15 rings (SSSR count). The molecule has 818 valence electrons. The molecular weight excluding hydrogens is 1900 g/mol. The van der Waals surface area contributed by atoms with E-state index < -0.39 is 29.8 Å². The number of carbonyl (C=O) groups excluding carboxylic acids is 5. The first-order valence-corrected chi connectivity index (χ1v) is 55.3. The van der Waals surface area contributed by atoms with E-state index in [9.17, 15) is 73.5 Å². The Bertz CT molecular complexity index is 4850. The summed E-state index contributed by atoms with van der Waals surface area (Å²) in [4.78, 5) is 113. The zero-order chi connectivity index (χ0) is 107. The van der Waals surface area contributed by atoms with Crippen molar-refractivity contribution in [2.75, 3.05) is 33.0 Å². The maximum absolute atomic E-state index is 12.0. The number of ether oxygens (including phenoxy) is 10. The Morgan fingerprint density at radius 1 is 0.264 bits per heavy atom. The van der Waals surface area contributed by atoms with Gasteiger partial charge in [0.25, 0.3) is 0 Å². The molecular formula is C118H166O30. The first kappa shape index (κ1) is 118. The Hall–Kier alpha value is -10.4. The molecule has 30 heteroatoms. The number of hydrogen-bond donors (Lipinski definition) is 10. The fourth-order valence-corrected chi connectivity index (χ4v) is 25.8. The highest BCUT2D eigenvalue weighted by molar-refractivity contribution is 5.73. The highest BCUT2D eigenvalue weighted by Gasteiger charge is 2.51. The third-order valence-electron chi connectivity index (χ3n) is 33.4. The van der Waals surface area contributed by atoms with Crippen LogP contribution in [-0.4, -0.2) is 205 Å². The molecule has 148 heavy (non-hydrogen) atoms. The summed E-state index contributed by atoms with van der Waals surface area (Å²) >= 11 is 0. The fourth-order valence-electron chi connectivity index (χ4n) is 25.8. The number of carbonyl (C=O) groups is 10. The Morgan fingerprint density at radius 2 is 0.459 bits per heavy atom. The predicted octanol–water partition coefficient (Wildman–Crippen LogP) is 18.0. The van der Waals surface area contributed by atoms with Gasteiger partial charge in [-0.1, -0.05) is 136 Å². The number of carboxylic acid groups (broad SMARTS) is 5. The smallest absolute Gasteiger partial charge is 0.341 e. The van der Waals surface area contributed by atoms with Crippen LogP contribution in [0.15, 0.2) is 91.0 Å². The molecule has 10 N–H and O–H groups in total. The minimum Gasteiger partial charge on any atom is -0.482 e. The third-order valence-corrected chi connectivity index (χ3v) is 33.4. The molecule has 10 aliphatic carbocycles. The van der Waals surface area contributed by atoms with Crippen LogP contribution in [0.25, 0.3) is 0 Å². The number of aliphatic carboxylic acids is 5. The van der Waals surface area contributed by atoms with Crippen LogP contribution in [0.1, 0.15) is 305 Å². The van der Waals surface area contributed by atoms with Gasteiger partial charge in [-0.15, -0.1) is 0 Å². The van der Waals surface area contributed by atoms with Gasteiger partial charge in [0, 0.05) is 32.1 Å². The summed E-state index contributed by atoms with van der Waals surface area (Å²) < 4.78 is 55.3. The van der Waals surface area contributed by atoms with E-state index in [2.05, 4.69) is 37.3 Å². The van der Waals surface area contributed by atoms with Crippen molar-refractivity contribution in [2.45, 2.75) is 374 Å². The van der Waals surface area contributed by atoms with Gasteiger partial charge < -0.3 is 98.4 Å². The molecule has 0 aliphatic heterocycles. The number of esters is 5. The first-order chi connectivity index (χ1) is 71.1. The van der Waals surface area contributed by atoms with E-state index in [-0.39, 0.29) is 154 Å². The van der Waals surface area contributed by atoms with E-state index >= 15 is 0 Å². The quantitative estimate of drug-likeness (QED) is 0.0128. The third kappa shape index (κ3) is 33.1. The Balaban J connectivity index is 0.000000176. The van der Waals surface area contributed by atoms with E-state index in [0.29, 0.717) is 120 Å².